The van der Waals surface area contributed by atoms with Gasteiger partial charge in [-0.25, -0.2) is 9.78 Å². The molecule has 9 heteroatoms. The standard InChI is InChI=1S/C12H7Cl2N3O2S2/c13-6-2-1-3-7(14)5(6)4-20-12-16-9-8(21-12)10(18)17-11(19)15-9/h1-3H,4H2,(H2,15,17,18,19). The zero-order chi connectivity index (χ0) is 15.0. The fourth-order valence-electron chi connectivity index (χ4n) is 1.70. The molecule has 1 aromatic carbocycles. The molecule has 2 aromatic heterocycles. The normalized spacial score (nSPS) is 11.1. The van der Waals surface area contributed by atoms with E-state index in [0.29, 0.717) is 30.5 Å². The number of aromatic amines is 2. The van der Waals surface area contributed by atoms with Gasteiger partial charge >= 0.3 is 5.69 Å². The third-order valence-corrected chi connectivity index (χ3v) is 5.61. The molecule has 5 nitrogen and oxygen atoms in total. The average Bonchev–Trinajstić information content (AvgIpc) is 2.81. The summed E-state index contributed by atoms with van der Waals surface area (Å²) in [6.07, 6.45) is 0. The predicted octanol–water partition coefficient (Wildman–Crippen LogP) is 3.27. The zero-order valence-corrected chi connectivity index (χ0v) is 13.4. The van der Waals surface area contributed by atoms with Crippen molar-refractivity contribution < 1.29 is 0 Å². The number of H-pyrrole nitrogens is 2. The molecule has 0 atom stereocenters. The molecule has 0 bridgehead atoms. The van der Waals surface area contributed by atoms with Crippen LogP contribution in [0.25, 0.3) is 10.3 Å². The van der Waals surface area contributed by atoms with Crippen molar-refractivity contribution in [2.45, 2.75) is 10.1 Å². The maximum Gasteiger partial charge on any atom is 0.327 e. The van der Waals surface area contributed by atoms with Gasteiger partial charge in [0, 0.05) is 15.8 Å². The van der Waals surface area contributed by atoms with E-state index >= 15 is 0 Å². The van der Waals surface area contributed by atoms with E-state index in [1.165, 1.54) is 23.1 Å². The van der Waals surface area contributed by atoms with Crippen LogP contribution in [0.1, 0.15) is 5.56 Å². The summed E-state index contributed by atoms with van der Waals surface area (Å²) >= 11 is 14.8. The molecule has 0 amide bonds. The number of nitrogens with one attached hydrogen (secondary N) is 2. The van der Waals surface area contributed by atoms with Crippen molar-refractivity contribution >= 4 is 56.6 Å². The number of thiazole rings is 1. The van der Waals surface area contributed by atoms with Crippen LogP contribution in [0.4, 0.5) is 0 Å². The summed E-state index contributed by atoms with van der Waals surface area (Å²) in [7, 11) is 0. The lowest BCUT2D eigenvalue weighted by atomic mass is 10.2. The molecule has 0 aliphatic carbocycles. The van der Waals surface area contributed by atoms with Gasteiger partial charge < -0.3 is 0 Å². The first-order valence-corrected chi connectivity index (χ1v) is 8.29. The highest BCUT2D eigenvalue weighted by molar-refractivity contribution is 8.00. The number of benzene rings is 1. The van der Waals surface area contributed by atoms with Crippen LogP contribution < -0.4 is 11.2 Å². The van der Waals surface area contributed by atoms with Crippen LogP contribution in [0, 0.1) is 0 Å². The molecule has 3 rings (SSSR count). The fourth-order valence-corrected chi connectivity index (χ4v) is 4.44. The highest BCUT2D eigenvalue weighted by Crippen LogP contribution is 2.33. The van der Waals surface area contributed by atoms with E-state index in [0.717, 1.165) is 5.56 Å². The van der Waals surface area contributed by atoms with Crippen molar-refractivity contribution in [3.05, 3.63) is 54.6 Å². The molecular formula is C12H7Cl2N3O2S2. The first kappa shape index (κ1) is 14.6. The van der Waals surface area contributed by atoms with Gasteiger partial charge in [0.25, 0.3) is 5.56 Å². The Labute approximate surface area is 136 Å². The van der Waals surface area contributed by atoms with E-state index in [2.05, 4.69) is 15.0 Å². The van der Waals surface area contributed by atoms with Crippen molar-refractivity contribution in [2.24, 2.45) is 0 Å². The van der Waals surface area contributed by atoms with Gasteiger partial charge in [-0.3, -0.25) is 14.8 Å². The van der Waals surface area contributed by atoms with Crippen LogP contribution >= 0.6 is 46.3 Å². The third kappa shape index (κ3) is 3.01. The van der Waals surface area contributed by atoms with Crippen molar-refractivity contribution in [1.29, 1.82) is 0 Å². The highest BCUT2D eigenvalue weighted by atomic mass is 35.5. The minimum Gasteiger partial charge on any atom is -0.291 e. The number of hydrogen-bond acceptors (Lipinski definition) is 5. The Morgan fingerprint density at radius 1 is 1.19 bits per heavy atom. The quantitative estimate of drug-likeness (QED) is 0.703. The summed E-state index contributed by atoms with van der Waals surface area (Å²) < 4.78 is 1.05. The number of rotatable bonds is 3. The van der Waals surface area contributed by atoms with Crippen LogP contribution in [0.2, 0.25) is 10.0 Å². The van der Waals surface area contributed by atoms with Crippen LogP contribution in [-0.2, 0) is 5.75 Å². The summed E-state index contributed by atoms with van der Waals surface area (Å²) in [6.45, 7) is 0. The maximum absolute atomic E-state index is 11.6. The Hall–Kier alpha value is -1.28. The van der Waals surface area contributed by atoms with E-state index in [1.807, 2.05) is 0 Å². The lowest BCUT2D eigenvalue weighted by Gasteiger charge is -2.04. The largest absolute Gasteiger partial charge is 0.327 e. The summed E-state index contributed by atoms with van der Waals surface area (Å²) in [6, 6.07) is 5.31. The number of halogens is 2. The Kier molecular flexibility index (Phi) is 4.08. The molecule has 0 saturated carbocycles. The van der Waals surface area contributed by atoms with Crippen molar-refractivity contribution in [1.82, 2.24) is 15.0 Å². The lowest BCUT2D eigenvalue weighted by molar-refractivity contribution is 1.06. The molecule has 2 heterocycles. The highest BCUT2D eigenvalue weighted by Gasteiger charge is 2.11. The summed E-state index contributed by atoms with van der Waals surface area (Å²) in [5.74, 6) is 0.528. The van der Waals surface area contributed by atoms with Gasteiger partial charge in [0.05, 0.1) is 0 Å². The number of thioether (sulfide) groups is 1. The Balaban J connectivity index is 1.91. The maximum atomic E-state index is 11.6. The summed E-state index contributed by atoms with van der Waals surface area (Å²) in [5, 5.41) is 1.17. The monoisotopic (exact) mass is 359 g/mol. The van der Waals surface area contributed by atoms with Gasteiger partial charge in [0.15, 0.2) is 9.99 Å². The predicted molar refractivity (Wildman–Crippen MR) is 86.9 cm³/mol. The second kappa shape index (κ2) is 5.84. The van der Waals surface area contributed by atoms with Gasteiger partial charge in [-0.05, 0) is 17.7 Å². The summed E-state index contributed by atoms with van der Waals surface area (Å²) in [5.41, 5.74) is 0.103. The van der Waals surface area contributed by atoms with Crippen molar-refractivity contribution in [2.75, 3.05) is 0 Å². The molecule has 0 radical (unpaired) electrons. The van der Waals surface area contributed by atoms with Gasteiger partial charge in [0.1, 0.15) is 4.70 Å². The summed E-state index contributed by atoms with van der Waals surface area (Å²) in [4.78, 5) is 31.7. The van der Waals surface area contributed by atoms with Crippen LogP contribution in [0.3, 0.4) is 0 Å². The smallest absolute Gasteiger partial charge is 0.291 e. The molecule has 108 valence electrons. The number of fused-ring (bicyclic) bond motifs is 1. The molecular weight excluding hydrogens is 353 g/mol. The average molecular weight is 360 g/mol. The molecule has 2 N–H and O–H groups in total. The molecule has 0 fully saturated rings. The molecule has 0 spiro atoms. The molecule has 3 aromatic rings. The lowest BCUT2D eigenvalue weighted by Crippen LogP contribution is -2.20. The van der Waals surface area contributed by atoms with E-state index in [1.54, 1.807) is 18.2 Å². The number of aromatic nitrogens is 3. The molecule has 0 aliphatic rings. The van der Waals surface area contributed by atoms with Crippen LogP contribution in [-0.4, -0.2) is 15.0 Å². The Morgan fingerprint density at radius 3 is 2.62 bits per heavy atom. The minimum atomic E-state index is -0.566. The first-order chi connectivity index (χ1) is 10.0. The fraction of sp³-hybridized carbons (Fsp3) is 0.0833. The van der Waals surface area contributed by atoms with E-state index in [-0.39, 0.29) is 0 Å². The topological polar surface area (TPSA) is 78.6 Å². The first-order valence-electron chi connectivity index (χ1n) is 5.73. The van der Waals surface area contributed by atoms with E-state index in [9.17, 15) is 9.59 Å². The van der Waals surface area contributed by atoms with Gasteiger partial charge in [0.2, 0.25) is 0 Å². The molecule has 0 aliphatic heterocycles. The number of nitrogens with zero attached hydrogens (tertiary/aromatic N) is 1. The van der Waals surface area contributed by atoms with Crippen molar-refractivity contribution in [3.8, 4) is 0 Å². The van der Waals surface area contributed by atoms with Crippen LogP contribution in [0.15, 0.2) is 32.1 Å². The van der Waals surface area contributed by atoms with Gasteiger partial charge in [-0.1, -0.05) is 41.0 Å². The van der Waals surface area contributed by atoms with Gasteiger partial charge in [-0.2, -0.15) is 0 Å². The second-order valence-electron chi connectivity index (χ2n) is 4.05. The molecule has 0 unspecified atom stereocenters. The van der Waals surface area contributed by atoms with E-state index < -0.39 is 11.2 Å². The van der Waals surface area contributed by atoms with E-state index in [4.69, 9.17) is 23.2 Å². The SMILES string of the molecule is O=c1[nH]c(=O)c2sc(SCc3c(Cl)cccc3Cl)nc2[nH]1. The third-order valence-electron chi connectivity index (χ3n) is 2.67. The van der Waals surface area contributed by atoms with Gasteiger partial charge in [-0.15, -0.1) is 11.3 Å². The van der Waals surface area contributed by atoms with Crippen molar-refractivity contribution in [3.63, 3.8) is 0 Å². The molecule has 0 saturated heterocycles. The van der Waals surface area contributed by atoms with Crippen LogP contribution in [0.5, 0.6) is 0 Å². The second-order valence-corrected chi connectivity index (χ2v) is 7.09. The Morgan fingerprint density at radius 2 is 1.90 bits per heavy atom. The zero-order valence-electron chi connectivity index (χ0n) is 10.3. The molecule has 21 heavy (non-hydrogen) atoms. The Bertz CT molecular complexity index is 912. The minimum absolute atomic E-state index is 0.293. The number of hydrogen-bond donors (Lipinski definition) is 2.